The van der Waals surface area contributed by atoms with Crippen LogP contribution in [0, 0.1) is 0 Å². The molecule has 0 fully saturated rings. The highest BCUT2D eigenvalue weighted by Crippen LogP contribution is 2.12. The minimum Gasteiger partial charge on any atom is -0.508 e. The topological polar surface area (TPSA) is 40.5 Å². The van der Waals surface area contributed by atoms with Crippen molar-refractivity contribution in [3.05, 3.63) is 29.8 Å². The minimum atomic E-state index is -0.211. The molecule has 1 atom stereocenters. The summed E-state index contributed by atoms with van der Waals surface area (Å²) in [5, 5.41) is 18.1. The Bertz CT molecular complexity index is 239. The first-order valence-electron chi connectivity index (χ1n) is 4.64. The fraction of sp³-hybridized carbons (Fsp3) is 0.455. The van der Waals surface area contributed by atoms with E-state index in [9.17, 15) is 0 Å². The third kappa shape index (κ3) is 3.95. The lowest BCUT2D eigenvalue weighted by Gasteiger charge is -2.03. The van der Waals surface area contributed by atoms with E-state index in [1.165, 1.54) is 5.56 Å². The number of aryl methyl sites for hydroxylation is 1. The van der Waals surface area contributed by atoms with E-state index >= 15 is 0 Å². The summed E-state index contributed by atoms with van der Waals surface area (Å²) < 4.78 is 0. The smallest absolute Gasteiger partial charge is 0.115 e. The molecule has 0 aliphatic carbocycles. The van der Waals surface area contributed by atoms with Crippen molar-refractivity contribution < 1.29 is 10.2 Å². The van der Waals surface area contributed by atoms with Crippen LogP contribution in [0.1, 0.15) is 25.3 Å². The molecule has 0 aliphatic heterocycles. The Hall–Kier alpha value is -1.02. The Kier molecular flexibility index (Phi) is 3.77. The SMILES string of the molecule is CC(O)CCCc1ccc(O)cc1. The Morgan fingerprint density at radius 2 is 1.85 bits per heavy atom. The van der Waals surface area contributed by atoms with Gasteiger partial charge in [-0.25, -0.2) is 0 Å². The second-order valence-corrected chi connectivity index (χ2v) is 3.41. The number of hydrogen-bond donors (Lipinski definition) is 2. The zero-order valence-corrected chi connectivity index (χ0v) is 7.90. The van der Waals surface area contributed by atoms with Crippen molar-refractivity contribution in [3.8, 4) is 5.75 Å². The van der Waals surface area contributed by atoms with Crippen molar-refractivity contribution in [3.63, 3.8) is 0 Å². The minimum absolute atomic E-state index is 0.211. The number of phenolic OH excluding ortho intramolecular Hbond substituents is 1. The summed E-state index contributed by atoms with van der Waals surface area (Å²) in [4.78, 5) is 0. The molecule has 0 aliphatic rings. The maximum Gasteiger partial charge on any atom is 0.115 e. The summed E-state index contributed by atoms with van der Waals surface area (Å²) in [5.74, 6) is 0.305. The lowest BCUT2D eigenvalue weighted by molar-refractivity contribution is 0.181. The molecule has 2 heteroatoms. The molecule has 1 unspecified atom stereocenters. The van der Waals surface area contributed by atoms with E-state index in [1.807, 2.05) is 12.1 Å². The summed E-state index contributed by atoms with van der Waals surface area (Å²) in [7, 11) is 0. The van der Waals surface area contributed by atoms with Gasteiger partial charge in [-0.2, -0.15) is 0 Å². The van der Waals surface area contributed by atoms with Gasteiger partial charge >= 0.3 is 0 Å². The molecule has 72 valence electrons. The predicted molar refractivity (Wildman–Crippen MR) is 52.7 cm³/mol. The van der Waals surface area contributed by atoms with Gasteiger partial charge in [0, 0.05) is 0 Å². The van der Waals surface area contributed by atoms with E-state index in [0.29, 0.717) is 5.75 Å². The first-order valence-corrected chi connectivity index (χ1v) is 4.64. The molecule has 2 N–H and O–H groups in total. The molecule has 0 bridgehead atoms. The van der Waals surface area contributed by atoms with Gasteiger partial charge in [-0.3, -0.25) is 0 Å². The molecular formula is C11H16O2. The Morgan fingerprint density at radius 3 is 2.38 bits per heavy atom. The van der Waals surface area contributed by atoms with Crippen LogP contribution in [0.3, 0.4) is 0 Å². The molecule has 0 saturated heterocycles. The van der Waals surface area contributed by atoms with Gasteiger partial charge in [0.15, 0.2) is 0 Å². The fourth-order valence-corrected chi connectivity index (χ4v) is 1.26. The van der Waals surface area contributed by atoms with E-state index < -0.39 is 0 Å². The maximum atomic E-state index is 9.03. The second-order valence-electron chi connectivity index (χ2n) is 3.41. The lowest BCUT2D eigenvalue weighted by atomic mass is 10.1. The first-order chi connectivity index (χ1) is 6.18. The first kappa shape index (κ1) is 10.1. The van der Waals surface area contributed by atoms with Crippen molar-refractivity contribution in [1.29, 1.82) is 0 Å². The molecule has 1 rings (SSSR count). The van der Waals surface area contributed by atoms with Crippen molar-refractivity contribution >= 4 is 0 Å². The molecule has 0 saturated carbocycles. The third-order valence-corrected chi connectivity index (χ3v) is 2.02. The summed E-state index contributed by atoms with van der Waals surface area (Å²) in [6.07, 6.45) is 2.58. The van der Waals surface area contributed by atoms with E-state index in [2.05, 4.69) is 0 Å². The number of rotatable bonds is 4. The molecule has 0 amide bonds. The molecule has 1 aromatic rings. The van der Waals surface area contributed by atoms with Crippen LogP contribution in [0.2, 0.25) is 0 Å². The van der Waals surface area contributed by atoms with Gasteiger partial charge in [0.2, 0.25) is 0 Å². The Labute approximate surface area is 78.8 Å². The quantitative estimate of drug-likeness (QED) is 0.745. The van der Waals surface area contributed by atoms with Gasteiger partial charge in [0.1, 0.15) is 5.75 Å². The summed E-state index contributed by atoms with van der Waals surface area (Å²) in [5.41, 5.74) is 1.21. The molecule has 0 aromatic heterocycles. The molecule has 0 heterocycles. The molecule has 0 radical (unpaired) electrons. The van der Waals surface area contributed by atoms with Crippen LogP contribution in [-0.4, -0.2) is 16.3 Å². The highest BCUT2D eigenvalue weighted by atomic mass is 16.3. The summed E-state index contributed by atoms with van der Waals surface area (Å²) in [6.45, 7) is 1.80. The van der Waals surface area contributed by atoms with Crippen molar-refractivity contribution in [1.82, 2.24) is 0 Å². The van der Waals surface area contributed by atoms with E-state index in [-0.39, 0.29) is 6.10 Å². The van der Waals surface area contributed by atoms with Gasteiger partial charge in [-0.1, -0.05) is 12.1 Å². The molecular weight excluding hydrogens is 164 g/mol. The van der Waals surface area contributed by atoms with E-state index in [1.54, 1.807) is 19.1 Å². The third-order valence-electron chi connectivity index (χ3n) is 2.02. The number of phenols is 1. The normalized spacial score (nSPS) is 12.8. The van der Waals surface area contributed by atoms with Gasteiger partial charge in [0.25, 0.3) is 0 Å². The molecule has 13 heavy (non-hydrogen) atoms. The molecule has 0 spiro atoms. The highest BCUT2D eigenvalue weighted by molar-refractivity contribution is 5.25. The molecule has 1 aromatic carbocycles. The number of aliphatic hydroxyl groups excluding tert-OH is 1. The van der Waals surface area contributed by atoms with Gasteiger partial charge in [-0.05, 0) is 43.9 Å². The summed E-state index contributed by atoms with van der Waals surface area (Å²) in [6, 6.07) is 7.21. The van der Waals surface area contributed by atoms with Crippen LogP contribution in [0.15, 0.2) is 24.3 Å². The van der Waals surface area contributed by atoms with Crippen LogP contribution in [0.25, 0.3) is 0 Å². The number of benzene rings is 1. The largest absolute Gasteiger partial charge is 0.508 e. The van der Waals surface area contributed by atoms with Crippen molar-refractivity contribution in [2.75, 3.05) is 0 Å². The van der Waals surface area contributed by atoms with Crippen LogP contribution >= 0.6 is 0 Å². The Balaban J connectivity index is 2.33. The van der Waals surface area contributed by atoms with Crippen LogP contribution in [-0.2, 0) is 6.42 Å². The maximum absolute atomic E-state index is 9.03. The zero-order valence-electron chi connectivity index (χ0n) is 7.90. The average molecular weight is 180 g/mol. The van der Waals surface area contributed by atoms with Gasteiger partial charge in [-0.15, -0.1) is 0 Å². The summed E-state index contributed by atoms with van der Waals surface area (Å²) >= 11 is 0. The predicted octanol–water partition coefficient (Wildman–Crippen LogP) is 2.10. The van der Waals surface area contributed by atoms with Crippen LogP contribution in [0.4, 0.5) is 0 Å². The van der Waals surface area contributed by atoms with Crippen molar-refractivity contribution in [2.24, 2.45) is 0 Å². The molecule has 2 nitrogen and oxygen atoms in total. The van der Waals surface area contributed by atoms with Crippen LogP contribution < -0.4 is 0 Å². The average Bonchev–Trinajstić information content (AvgIpc) is 2.08. The van der Waals surface area contributed by atoms with E-state index in [0.717, 1.165) is 19.3 Å². The van der Waals surface area contributed by atoms with Crippen molar-refractivity contribution in [2.45, 2.75) is 32.3 Å². The standard InChI is InChI=1S/C11H16O2/c1-9(12)3-2-4-10-5-7-11(13)8-6-10/h5-9,12-13H,2-4H2,1H3. The number of aromatic hydroxyl groups is 1. The monoisotopic (exact) mass is 180 g/mol. The van der Waals surface area contributed by atoms with E-state index in [4.69, 9.17) is 10.2 Å². The van der Waals surface area contributed by atoms with Crippen LogP contribution in [0.5, 0.6) is 5.75 Å². The zero-order chi connectivity index (χ0) is 9.68. The Morgan fingerprint density at radius 1 is 1.23 bits per heavy atom. The van der Waals surface area contributed by atoms with Gasteiger partial charge in [0.05, 0.1) is 6.10 Å². The second kappa shape index (κ2) is 4.87. The number of aliphatic hydroxyl groups is 1. The van der Waals surface area contributed by atoms with Gasteiger partial charge < -0.3 is 10.2 Å². The number of hydrogen-bond acceptors (Lipinski definition) is 2. The fourth-order valence-electron chi connectivity index (χ4n) is 1.26. The lowest BCUT2D eigenvalue weighted by Crippen LogP contribution is -1.99. The highest BCUT2D eigenvalue weighted by Gasteiger charge is 1.97.